The van der Waals surface area contributed by atoms with Gasteiger partial charge in [-0.15, -0.1) is 0 Å². The van der Waals surface area contributed by atoms with E-state index in [1.54, 1.807) is 6.20 Å². The Balaban J connectivity index is 2.16. The van der Waals surface area contributed by atoms with Crippen molar-refractivity contribution in [1.82, 2.24) is 9.97 Å². The van der Waals surface area contributed by atoms with E-state index in [1.807, 2.05) is 51.1 Å². The number of hydrogen-bond acceptors (Lipinski definition) is 4. The zero-order chi connectivity index (χ0) is 16.9. The van der Waals surface area contributed by atoms with Crippen LogP contribution >= 0.6 is 0 Å². The van der Waals surface area contributed by atoms with E-state index in [2.05, 4.69) is 15.3 Å². The van der Waals surface area contributed by atoms with E-state index in [1.165, 1.54) is 0 Å². The highest BCUT2D eigenvalue weighted by Gasteiger charge is 2.33. The second-order valence-electron chi connectivity index (χ2n) is 5.74. The van der Waals surface area contributed by atoms with Crippen molar-refractivity contribution in [3.8, 4) is 11.4 Å². The Bertz CT molecular complexity index is 655. The van der Waals surface area contributed by atoms with Gasteiger partial charge >= 0.3 is 0 Å². The summed E-state index contributed by atoms with van der Waals surface area (Å²) in [4.78, 5) is 21.2. The number of nitrogens with two attached hydrogens (primary N) is 1. The molecule has 2 aromatic rings. The standard InChI is InChI=1S/C18H24N4O/c1-4-18(5-2,12-19)17(23)22-15-8-6-14(7-9-15)16-20-11-10-13(3)21-16/h6-11H,4-5,12,19H2,1-3H3,(H,22,23). The Kier molecular flexibility index (Phi) is 5.45. The highest BCUT2D eigenvalue weighted by Crippen LogP contribution is 2.27. The Morgan fingerprint density at radius 2 is 1.83 bits per heavy atom. The predicted octanol–water partition coefficient (Wildman–Crippen LogP) is 3.16. The summed E-state index contributed by atoms with van der Waals surface area (Å²) >= 11 is 0. The van der Waals surface area contributed by atoms with Crippen molar-refractivity contribution >= 4 is 11.6 Å². The molecule has 2 rings (SSSR count). The van der Waals surface area contributed by atoms with E-state index in [4.69, 9.17) is 5.73 Å². The third-order valence-corrected chi connectivity index (χ3v) is 4.42. The molecular weight excluding hydrogens is 288 g/mol. The van der Waals surface area contributed by atoms with Crippen LogP contribution in [0.5, 0.6) is 0 Å². The molecule has 122 valence electrons. The fraction of sp³-hybridized carbons (Fsp3) is 0.389. The molecule has 0 aliphatic heterocycles. The quantitative estimate of drug-likeness (QED) is 0.858. The van der Waals surface area contributed by atoms with E-state index >= 15 is 0 Å². The molecule has 0 saturated carbocycles. The van der Waals surface area contributed by atoms with Crippen LogP contribution in [0.4, 0.5) is 5.69 Å². The highest BCUT2D eigenvalue weighted by molar-refractivity contribution is 5.95. The van der Waals surface area contributed by atoms with Crippen LogP contribution in [0.15, 0.2) is 36.5 Å². The normalized spacial score (nSPS) is 11.3. The minimum atomic E-state index is -0.502. The van der Waals surface area contributed by atoms with Crippen LogP contribution in [0, 0.1) is 12.3 Å². The molecule has 0 saturated heterocycles. The van der Waals surface area contributed by atoms with E-state index in [-0.39, 0.29) is 5.91 Å². The zero-order valence-corrected chi connectivity index (χ0v) is 14.0. The number of nitrogens with zero attached hydrogens (tertiary/aromatic N) is 2. The summed E-state index contributed by atoms with van der Waals surface area (Å²) in [6.45, 7) is 6.27. The molecule has 1 amide bonds. The van der Waals surface area contributed by atoms with Gasteiger partial charge in [-0.3, -0.25) is 4.79 Å². The number of nitrogens with one attached hydrogen (secondary N) is 1. The van der Waals surface area contributed by atoms with Crippen molar-refractivity contribution in [2.45, 2.75) is 33.6 Å². The van der Waals surface area contributed by atoms with E-state index in [0.29, 0.717) is 12.4 Å². The van der Waals surface area contributed by atoms with E-state index in [9.17, 15) is 4.79 Å². The third-order valence-electron chi connectivity index (χ3n) is 4.42. The van der Waals surface area contributed by atoms with Gasteiger partial charge in [-0.1, -0.05) is 13.8 Å². The first-order chi connectivity index (χ1) is 11.0. The van der Waals surface area contributed by atoms with Crippen LogP contribution in [-0.2, 0) is 4.79 Å². The Morgan fingerprint density at radius 3 is 2.35 bits per heavy atom. The van der Waals surface area contributed by atoms with Crippen molar-refractivity contribution in [1.29, 1.82) is 0 Å². The van der Waals surface area contributed by atoms with Crippen LogP contribution in [0.3, 0.4) is 0 Å². The van der Waals surface area contributed by atoms with Gasteiger partial charge in [0.1, 0.15) is 0 Å². The summed E-state index contributed by atoms with van der Waals surface area (Å²) in [5, 5.41) is 2.97. The van der Waals surface area contributed by atoms with Crippen LogP contribution in [0.1, 0.15) is 32.4 Å². The largest absolute Gasteiger partial charge is 0.329 e. The zero-order valence-electron chi connectivity index (χ0n) is 14.0. The molecule has 23 heavy (non-hydrogen) atoms. The van der Waals surface area contributed by atoms with Gasteiger partial charge in [0, 0.05) is 29.7 Å². The topological polar surface area (TPSA) is 80.9 Å². The third kappa shape index (κ3) is 3.74. The van der Waals surface area contributed by atoms with Gasteiger partial charge in [0.05, 0.1) is 5.41 Å². The van der Waals surface area contributed by atoms with Crippen LogP contribution in [0.2, 0.25) is 0 Å². The summed E-state index contributed by atoms with van der Waals surface area (Å²) in [6.07, 6.45) is 3.19. The minimum Gasteiger partial charge on any atom is -0.329 e. The number of carbonyl (C=O) groups is 1. The maximum atomic E-state index is 12.5. The molecule has 3 N–H and O–H groups in total. The molecule has 1 aromatic heterocycles. The molecule has 0 atom stereocenters. The maximum absolute atomic E-state index is 12.5. The lowest BCUT2D eigenvalue weighted by atomic mass is 9.81. The molecule has 1 aromatic carbocycles. The van der Waals surface area contributed by atoms with Gasteiger partial charge in [0.15, 0.2) is 5.82 Å². The fourth-order valence-electron chi connectivity index (χ4n) is 2.51. The lowest BCUT2D eigenvalue weighted by molar-refractivity contribution is -0.125. The van der Waals surface area contributed by atoms with Crippen molar-refractivity contribution in [2.24, 2.45) is 11.1 Å². The van der Waals surface area contributed by atoms with Gasteiger partial charge in [0.2, 0.25) is 5.91 Å². The second kappa shape index (κ2) is 7.33. The van der Waals surface area contributed by atoms with Gasteiger partial charge in [-0.25, -0.2) is 9.97 Å². The lowest BCUT2D eigenvalue weighted by Crippen LogP contribution is -2.41. The molecule has 5 heteroatoms. The maximum Gasteiger partial charge on any atom is 0.231 e. The first kappa shape index (κ1) is 17.1. The summed E-state index contributed by atoms with van der Waals surface area (Å²) in [5.74, 6) is 0.658. The molecule has 0 spiro atoms. The Morgan fingerprint density at radius 1 is 1.17 bits per heavy atom. The number of aromatic nitrogens is 2. The van der Waals surface area contributed by atoms with Crippen molar-refractivity contribution in [3.05, 3.63) is 42.2 Å². The SMILES string of the molecule is CCC(CC)(CN)C(=O)Nc1ccc(-c2nccc(C)n2)cc1. The number of anilines is 1. The molecule has 1 heterocycles. The molecule has 0 aliphatic rings. The molecular formula is C18H24N4O. The molecule has 0 radical (unpaired) electrons. The first-order valence-electron chi connectivity index (χ1n) is 7.96. The molecule has 0 unspecified atom stereocenters. The summed E-state index contributed by atoms with van der Waals surface area (Å²) < 4.78 is 0. The van der Waals surface area contributed by atoms with Crippen LogP contribution in [-0.4, -0.2) is 22.4 Å². The van der Waals surface area contributed by atoms with Crippen LogP contribution in [0.25, 0.3) is 11.4 Å². The van der Waals surface area contributed by atoms with Gasteiger partial charge in [-0.2, -0.15) is 0 Å². The molecule has 0 fully saturated rings. The fourth-order valence-corrected chi connectivity index (χ4v) is 2.51. The number of hydrogen-bond donors (Lipinski definition) is 2. The van der Waals surface area contributed by atoms with Gasteiger partial charge in [0.25, 0.3) is 0 Å². The predicted molar refractivity (Wildman–Crippen MR) is 92.9 cm³/mol. The van der Waals surface area contributed by atoms with Crippen LogP contribution < -0.4 is 11.1 Å². The first-order valence-corrected chi connectivity index (χ1v) is 7.96. The Labute approximate surface area is 137 Å². The monoisotopic (exact) mass is 312 g/mol. The number of rotatable bonds is 6. The van der Waals surface area contributed by atoms with Gasteiger partial charge in [-0.05, 0) is 50.1 Å². The van der Waals surface area contributed by atoms with E-state index < -0.39 is 5.41 Å². The minimum absolute atomic E-state index is 0.0236. The summed E-state index contributed by atoms with van der Waals surface area (Å²) in [5.41, 5.74) is 7.92. The smallest absolute Gasteiger partial charge is 0.231 e. The second-order valence-corrected chi connectivity index (χ2v) is 5.74. The average molecular weight is 312 g/mol. The number of carbonyl (C=O) groups excluding carboxylic acids is 1. The Hall–Kier alpha value is -2.27. The van der Waals surface area contributed by atoms with Gasteiger partial charge < -0.3 is 11.1 Å². The summed E-state index contributed by atoms with van der Waals surface area (Å²) in [7, 11) is 0. The molecule has 0 aliphatic carbocycles. The van der Waals surface area contributed by atoms with Crippen molar-refractivity contribution in [3.63, 3.8) is 0 Å². The van der Waals surface area contributed by atoms with Crippen molar-refractivity contribution in [2.75, 3.05) is 11.9 Å². The number of aryl methyl sites for hydroxylation is 1. The molecule has 0 bridgehead atoms. The van der Waals surface area contributed by atoms with E-state index in [0.717, 1.165) is 29.8 Å². The number of amides is 1. The number of benzene rings is 1. The average Bonchev–Trinajstić information content (AvgIpc) is 2.58. The van der Waals surface area contributed by atoms with Crippen molar-refractivity contribution < 1.29 is 4.79 Å². The highest BCUT2D eigenvalue weighted by atomic mass is 16.2. The molecule has 5 nitrogen and oxygen atoms in total. The lowest BCUT2D eigenvalue weighted by Gasteiger charge is -2.28. The summed E-state index contributed by atoms with van der Waals surface area (Å²) in [6, 6.07) is 9.41.